The first-order valence-electron chi connectivity index (χ1n) is 8.29. The maximum absolute atomic E-state index is 12.2. The smallest absolute Gasteiger partial charge is 0.410 e. The van der Waals surface area contributed by atoms with Crippen LogP contribution < -0.4 is 10.2 Å². The standard InChI is InChI=1S/C16H25N5O2S/c1-16(2,3)23-15(22)21-9-7-20(8-10-21)13-11-5-6-17-12(11)18-14(19-13)24-4/h5-10H2,1-4H3,(H,17,18,19). The topological polar surface area (TPSA) is 70.6 Å². The number of anilines is 2. The Labute approximate surface area is 147 Å². The number of rotatable bonds is 2. The molecule has 1 amide bonds. The van der Waals surface area contributed by atoms with Gasteiger partial charge in [-0.25, -0.2) is 14.8 Å². The van der Waals surface area contributed by atoms with Gasteiger partial charge in [0.1, 0.15) is 17.2 Å². The molecule has 7 nitrogen and oxygen atoms in total. The van der Waals surface area contributed by atoms with Crippen molar-refractivity contribution in [2.45, 2.75) is 37.9 Å². The van der Waals surface area contributed by atoms with Gasteiger partial charge >= 0.3 is 6.09 Å². The zero-order chi connectivity index (χ0) is 17.3. The van der Waals surface area contributed by atoms with Crippen LogP contribution in [0.25, 0.3) is 0 Å². The van der Waals surface area contributed by atoms with Gasteiger partial charge < -0.3 is 19.9 Å². The quantitative estimate of drug-likeness (QED) is 0.647. The van der Waals surface area contributed by atoms with Gasteiger partial charge in [0, 0.05) is 38.3 Å². The summed E-state index contributed by atoms with van der Waals surface area (Å²) in [6, 6.07) is 0. The fraction of sp³-hybridized carbons (Fsp3) is 0.688. The predicted molar refractivity (Wildman–Crippen MR) is 96.0 cm³/mol. The number of ether oxygens (including phenoxy) is 1. The highest BCUT2D eigenvalue weighted by Crippen LogP contribution is 2.31. The number of carbonyl (C=O) groups is 1. The van der Waals surface area contributed by atoms with E-state index >= 15 is 0 Å². The number of fused-ring (bicyclic) bond motifs is 1. The average molecular weight is 351 g/mol. The highest BCUT2D eigenvalue weighted by molar-refractivity contribution is 7.98. The molecule has 0 bridgehead atoms. The van der Waals surface area contributed by atoms with Crippen molar-refractivity contribution in [2.75, 3.05) is 49.2 Å². The molecule has 0 atom stereocenters. The molecule has 2 aliphatic rings. The molecule has 1 aromatic rings. The predicted octanol–water partition coefficient (Wildman–Crippen LogP) is 2.22. The number of hydrogen-bond acceptors (Lipinski definition) is 7. The molecule has 1 N–H and O–H groups in total. The lowest BCUT2D eigenvalue weighted by Gasteiger charge is -2.36. The molecule has 3 rings (SSSR count). The summed E-state index contributed by atoms with van der Waals surface area (Å²) < 4.78 is 5.46. The fourth-order valence-corrected chi connectivity index (χ4v) is 3.27. The molecule has 3 heterocycles. The molecule has 0 unspecified atom stereocenters. The number of piperazine rings is 1. The third-order valence-corrected chi connectivity index (χ3v) is 4.59. The number of aromatic nitrogens is 2. The van der Waals surface area contributed by atoms with Gasteiger partial charge in [0.15, 0.2) is 5.16 Å². The summed E-state index contributed by atoms with van der Waals surface area (Å²) in [5.74, 6) is 1.97. The maximum atomic E-state index is 12.2. The van der Waals surface area contributed by atoms with Crippen molar-refractivity contribution in [2.24, 2.45) is 0 Å². The molecule has 0 spiro atoms. The molecule has 132 valence electrons. The van der Waals surface area contributed by atoms with Crippen molar-refractivity contribution < 1.29 is 9.53 Å². The summed E-state index contributed by atoms with van der Waals surface area (Å²) >= 11 is 1.55. The number of hydrogen-bond donors (Lipinski definition) is 1. The van der Waals surface area contributed by atoms with E-state index < -0.39 is 5.60 Å². The molecule has 24 heavy (non-hydrogen) atoms. The van der Waals surface area contributed by atoms with Gasteiger partial charge in [-0.15, -0.1) is 0 Å². The van der Waals surface area contributed by atoms with Crippen LogP contribution in [-0.2, 0) is 11.2 Å². The zero-order valence-corrected chi connectivity index (χ0v) is 15.6. The van der Waals surface area contributed by atoms with Gasteiger partial charge in [-0.1, -0.05) is 11.8 Å². The number of carbonyl (C=O) groups excluding carboxylic acids is 1. The number of nitrogens with one attached hydrogen (secondary N) is 1. The second-order valence-corrected chi connectivity index (χ2v) is 7.77. The molecule has 1 saturated heterocycles. The molecular weight excluding hydrogens is 326 g/mol. The Morgan fingerprint density at radius 3 is 2.54 bits per heavy atom. The van der Waals surface area contributed by atoms with Crippen molar-refractivity contribution in [1.82, 2.24) is 14.9 Å². The van der Waals surface area contributed by atoms with E-state index in [4.69, 9.17) is 9.72 Å². The third kappa shape index (κ3) is 3.68. The Morgan fingerprint density at radius 2 is 1.92 bits per heavy atom. The molecule has 1 aromatic heterocycles. The third-order valence-electron chi connectivity index (χ3n) is 4.05. The van der Waals surface area contributed by atoms with Gasteiger partial charge in [0.25, 0.3) is 0 Å². The van der Waals surface area contributed by atoms with Crippen LogP contribution in [0.3, 0.4) is 0 Å². The van der Waals surface area contributed by atoms with E-state index in [-0.39, 0.29) is 6.09 Å². The zero-order valence-electron chi connectivity index (χ0n) is 14.8. The molecule has 0 saturated carbocycles. The largest absolute Gasteiger partial charge is 0.444 e. The van der Waals surface area contributed by atoms with Gasteiger partial charge in [0.05, 0.1) is 0 Å². The monoisotopic (exact) mass is 351 g/mol. The summed E-state index contributed by atoms with van der Waals surface area (Å²) in [5, 5.41) is 4.12. The van der Waals surface area contributed by atoms with E-state index in [0.717, 1.165) is 42.8 Å². The lowest BCUT2D eigenvalue weighted by atomic mass is 10.2. The summed E-state index contributed by atoms with van der Waals surface area (Å²) in [7, 11) is 0. The summed E-state index contributed by atoms with van der Waals surface area (Å²) in [6.45, 7) is 9.40. The highest BCUT2D eigenvalue weighted by atomic mass is 32.2. The second kappa shape index (κ2) is 6.66. The van der Waals surface area contributed by atoms with Crippen LogP contribution in [0.2, 0.25) is 0 Å². The summed E-state index contributed by atoms with van der Waals surface area (Å²) in [5.41, 5.74) is 0.735. The normalized spacial score (nSPS) is 17.5. The van der Waals surface area contributed by atoms with Crippen molar-refractivity contribution >= 4 is 29.5 Å². The number of thioether (sulfide) groups is 1. The van der Waals surface area contributed by atoms with Crippen LogP contribution in [0.1, 0.15) is 26.3 Å². The Bertz CT molecular complexity index is 624. The van der Waals surface area contributed by atoms with Crippen molar-refractivity contribution in [3.8, 4) is 0 Å². The molecule has 1 fully saturated rings. The van der Waals surface area contributed by atoms with Crippen molar-refractivity contribution in [3.63, 3.8) is 0 Å². The van der Waals surface area contributed by atoms with E-state index in [1.807, 2.05) is 27.0 Å². The highest BCUT2D eigenvalue weighted by Gasteiger charge is 2.29. The number of amides is 1. The minimum Gasteiger partial charge on any atom is -0.444 e. The minimum absolute atomic E-state index is 0.235. The Balaban J connectivity index is 1.69. The summed E-state index contributed by atoms with van der Waals surface area (Å²) in [6.07, 6.45) is 2.70. The molecule has 8 heteroatoms. The van der Waals surface area contributed by atoms with Crippen molar-refractivity contribution in [1.29, 1.82) is 0 Å². The van der Waals surface area contributed by atoms with E-state index in [0.29, 0.717) is 13.1 Å². The Hall–Kier alpha value is -1.70. The van der Waals surface area contributed by atoms with Gasteiger partial charge in [-0.2, -0.15) is 0 Å². The van der Waals surface area contributed by atoms with Crippen LogP contribution in [0.15, 0.2) is 5.16 Å². The first kappa shape index (κ1) is 17.1. The van der Waals surface area contributed by atoms with Crippen LogP contribution in [0, 0.1) is 0 Å². The van der Waals surface area contributed by atoms with Crippen LogP contribution in [0.5, 0.6) is 0 Å². The van der Waals surface area contributed by atoms with Crippen LogP contribution >= 0.6 is 11.8 Å². The minimum atomic E-state index is -0.458. The van der Waals surface area contributed by atoms with E-state index in [1.54, 1.807) is 16.7 Å². The van der Waals surface area contributed by atoms with Crippen LogP contribution in [0.4, 0.5) is 16.4 Å². The molecule has 2 aliphatic heterocycles. The van der Waals surface area contributed by atoms with E-state index in [1.165, 1.54) is 5.56 Å². The Morgan fingerprint density at radius 1 is 1.21 bits per heavy atom. The van der Waals surface area contributed by atoms with E-state index in [2.05, 4.69) is 15.2 Å². The van der Waals surface area contributed by atoms with Gasteiger partial charge in [-0.3, -0.25) is 0 Å². The SMILES string of the molecule is CSc1nc2c(c(N3CCN(C(=O)OC(C)(C)C)CC3)n1)CCN2. The lowest BCUT2D eigenvalue weighted by Crippen LogP contribution is -2.50. The molecule has 0 radical (unpaired) electrons. The fourth-order valence-electron chi connectivity index (χ4n) is 2.91. The number of nitrogens with zero attached hydrogens (tertiary/aromatic N) is 4. The molecular formula is C16H25N5O2S. The van der Waals surface area contributed by atoms with E-state index in [9.17, 15) is 4.79 Å². The Kier molecular flexibility index (Phi) is 4.76. The first-order valence-corrected chi connectivity index (χ1v) is 9.51. The first-order chi connectivity index (χ1) is 11.4. The average Bonchev–Trinajstić information content (AvgIpc) is 3.00. The van der Waals surface area contributed by atoms with Gasteiger partial charge in [-0.05, 0) is 33.4 Å². The van der Waals surface area contributed by atoms with Crippen LogP contribution in [-0.4, -0.2) is 65.5 Å². The maximum Gasteiger partial charge on any atom is 0.410 e. The van der Waals surface area contributed by atoms with Crippen molar-refractivity contribution in [3.05, 3.63) is 5.56 Å². The lowest BCUT2D eigenvalue weighted by molar-refractivity contribution is 0.0240. The molecule has 0 aromatic carbocycles. The molecule has 0 aliphatic carbocycles. The second-order valence-electron chi connectivity index (χ2n) is 6.99. The summed E-state index contributed by atoms with van der Waals surface area (Å²) in [4.78, 5) is 25.5. The van der Waals surface area contributed by atoms with Gasteiger partial charge in [0.2, 0.25) is 0 Å².